The topological polar surface area (TPSA) is 23.8 Å². The van der Waals surface area contributed by atoms with Crippen LogP contribution in [0.2, 0.25) is 0 Å². The fourth-order valence-electron chi connectivity index (χ4n) is 0.337. The van der Waals surface area contributed by atoms with Crippen molar-refractivity contribution in [2.45, 2.75) is 41.0 Å². The van der Waals surface area contributed by atoms with E-state index in [1.165, 1.54) is 0 Å². The van der Waals surface area contributed by atoms with Gasteiger partial charge in [0.2, 0.25) is 0 Å². The molecule has 0 aliphatic heterocycles. The zero-order valence-electron chi connectivity index (χ0n) is 8.15. The fraction of sp³-hybridized carbons (Fsp3) is 0.700. The van der Waals surface area contributed by atoms with Gasteiger partial charge in [-0.25, -0.2) is 0 Å². The van der Waals surface area contributed by atoms with Gasteiger partial charge in [-0.05, 0) is 13.8 Å². The molecule has 0 atom stereocenters. The van der Waals surface area contributed by atoms with Crippen LogP contribution < -0.4 is 0 Å². The molecular formula is C10H17N. The Hall–Kier alpha value is -0.950. The van der Waals surface area contributed by atoms with Crippen LogP contribution in [0.4, 0.5) is 0 Å². The third-order valence-electron chi connectivity index (χ3n) is 0.857. The Morgan fingerprint density at radius 3 is 2.00 bits per heavy atom. The van der Waals surface area contributed by atoms with Crippen LogP contribution in [0.5, 0.6) is 0 Å². The van der Waals surface area contributed by atoms with Crippen LogP contribution >= 0.6 is 0 Å². The first-order valence-electron chi connectivity index (χ1n) is 4.03. The molecule has 0 saturated carbocycles. The number of hydrogen-bond acceptors (Lipinski definition) is 1. The fourth-order valence-corrected chi connectivity index (χ4v) is 0.337. The highest BCUT2D eigenvalue weighted by Crippen LogP contribution is 2.09. The van der Waals surface area contributed by atoms with E-state index in [-0.39, 0.29) is 0 Å². The number of nitriles is 1. The molecule has 0 fully saturated rings. The van der Waals surface area contributed by atoms with Crippen molar-refractivity contribution in [3.63, 3.8) is 0 Å². The van der Waals surface area contributed by atoms with Gasteiger partial charge in [0.25, 0.3) is 0 Å². The molecule has 0 bridgehead atoms. The maximum absolute atomic E-state index is 8.47. The minimum absolute atomic E-state index is 0.462. The second-order valence-corrected chi connectivity index (χ2v) is 2.39. The summed E-state index contributed by atoms with van der Waals surface area (Å²) in [4.78, 5) is 0. The van der Waals surface area contributed by atoms with E-state index < -0.39 is 5.41 Å². The summed E-state index contributed by atoms with van der Waals surface area (Å²) in [5.41, 5.74) is -0.462. The van der Waals surface area contributed by atoms with Crippen molar-refractivity contribution in [1.82, 2.24) is 0 Å². The lowest BCUT2D eigenvalue weighted by Crippen LogP contribution is -2.02. The van der Waals surface area contributed by atoms with Crippen molar-refractivity contribution in [2.24, 2.45) is 5.41 Å². The van der Waals surface area contributed by atoms with Gasteiger partial charge in [0, 0.05) is 6.42 Å². The third-order valence-corrected chi connectivity index (χ3v) is 0.857. The van der Waals surface area contributed by atoms with Crippen LogP contribution in [-0.4, -0.2) is 0 Å². The van der Waals surface area contributed by atoms with E-state index >= 15 is 0 Å². The van der Waals surface area contributed by atoms with E-state index in [9.17, 15) is 0 Å². The Kier molecular flexibility index (Phi) is 8.27. The molecule has 0 radical (unpaired) electrons. The predicted molar refractivity (Wildman–Crippen MR) is 48.8 cm³/mol. The van der Waals surface area contributed by atoms with Crippen LogP contribution in [0.25, 0.3) is 0 Å². The Balaban J connectivity index is 0. The summed E-state index contributed by atoms with van der Waals surface area (Å²) in [7, 11) is 0. The van der Waals surface area contributed by atoms with E-state index in [2.05, 4.69) is 17.9 Å². The van der Waals surface area contributed by atoms with Crippen molar-refractivity contribution >= 4 is 0 Å². The lowest BCUT2D eigenvalue weighted by molar-refractivity contribution is 0.673. The van der Waals surface area contributed by atoms with E-state index in [0.717, 1.165) is 6.42 Å². The molecule has 0 aliphatic rings. The highest BCUT2D eigenvalue weighted by Gasteiger charge is 2.10. The normalized spacial score (nSPS) is 8.00. The van der Waals surface area contributed by atoms with Gasteiger partial charge in [-0.3, -0.25) is 0 Å². The standard InChI is InChI=1S/C8H11N.C2H6/c1-4-5-6-8(2,3)7-9;1-2/h4H2,1-3H3;1-2H3. The van der Waals surface area contributed by atoms with Gasteiger partial charge in [0.15, 0.2) is 0 Å². The van der Waals surface area contributed by atoms with E-state index in [1.54, 1.807) is 0 Å². The summed E-state index contributed by atoms with van der Waals surface area (Å²) >= 11 is 0. The third kappa shape index (κ3) is 9.05. The zero-order chi connectivity index (χ0) is 9.33. The Bertz CT molecular complexity index is 173. The molecule has 0 aromatic carbocycles. The summed E-state index contributed by atoms with van der Waals surface area (Å²) in [6.45, 7) is 9.60. The van der Waals surface area contributed by atoms with Gasteiger partial charge in [-0.1, -0.05) is 26.7 Å². The Morgan fingerprint density at radius 2 is 1.73 bits per heavy atom. The first kappa shape index (κ1) is 12.7. The Labute approximate surface area is 70.4 Å². The lowest BCUT2D eigenvalue weighted by atomic mass is 9.97. The molecule has 0 spiro atoms. The zero-order valence-corrected chi connectivity index (χ0v) is 8.15. The highest BCUT2D eigenvalue weighted by molar-refractivity contribution is 5.17. The summed E-state index contributed by atoms with van der Waals surface area (Å²) in [5, 5.41) is 8.47. The SMILES string of the molecule is CC.CCC#CC(C)(C)C#N. The van der Waals surface area contributed by atoms with Crippen molar-refractivity contribution in [3.05, 3.63) is 0 Å². The van der Waals surface area contributed by atoms with Gasteiger partial charge in [0.1, 0.15) is 5.41 Å². The molecule has 0 aromatic heterocycles. The van der Waals surface area contributed by atoms with E-state index in [0.29, 0.717) is 0 Å². The van der Waals surface area contributed by atoms with Crippen molar-refractivity contribution in [3.8, 4) is 17.9 Å². The molecule has 0 amide bonds. The lowest BCUT2D eigenvalue weighted by Gasteiger charge is -2.02. The van der Waals surface area contributed by atoms with E-state index in [4.69, 9.17) is 5.26 Å². The van der Waals surface area contributed by atoms with Crippen LogP contribution in [0.1, 0.15) is 41.0 Å². The number of hydrogen-bond donors (Lipinski definition) is 0. The van der Waals surface area contributed by atoms with Gasteiger partial charge >= 0.3 is 0 Å². The van der Waals surface area contributed by atoms with Crippen molar-refractivity contribution < 1.29 is 0 Å². The maximum Gasteiger partial charge on any atom is 0.112 e. The Morgan fingerprint density at radius 1 is 1.27 bits per heavy atom. The van der Waals surface area contributed by atoms with Crippen LogP contribution in [0.15, 0.2) is 0 Å². The largest absolute Gasteiger partial charge is 0.197 e. The minimum Gasteiger partial charge on any atom is -0.197 e. The molecule has 0 aromatic rings. The van der Waals surface area contributed by atoms with Crippen molar-refractivity contribution in [2.75, 3.05) is 0 Å². The summed E-state index contributed by atoms with van der Waals surface area (Å²) in [5.74, 6) is 5.71. The molecule has 0 rings (SSSR count). The average Bonchev–Trinajstić information content (AvgIpc) is 2.05. The predicted octanol–water partition coefficient (Wildman–Crippen LogP) is 2.98. The summed E-state index contributed by atoms with van der Waals surface area (Å²) in [6, 6.07) is 2.10. The molecule has 11 heavy (non-hydrogen) atoms. The van der Waals surface area contributed by atoms with Gasteiger partial charge < -0.3 is 0 Å². The van der Waals surface area contributed by atoms with Gasteiger partial charge in [0.05, 0.1) is 6.07 Å². The maximum atomic E-state index is 8.47. The second kappa shape index (κ2) is 7.16. The molecule has 0 unspecified atom stereocenters. The highest BCUT2D eigenvalue weighted by atomic mass is 14.3. The molecule has 1 heteroatoms. The smallest absolute Gasteiger partial charge is 0.112 e. The minimum atomic E-state index is -0.462. The number of rotatable bonds is 0. The molecule has 1 nitrogen and oxygen atoms in total. The molecule has 0 aliphatic carbocycles. The average molecular weight is 151 g/mol. The van der Waals surface area contributed by atoms with Crippen LogP contribution in [0.3, 0.4) is 0 Å². The molecule has 0 heterocycles. The van der Waals surface area contributed by atoms with E-state index in [1.807, 2.05) is 34.6 Å². The number of nitrogens with zero attached hydrogens (tertiary/aromatic N) is 1. The summed E-state index contributed by atoms with van der Waals surface area (Å²) < 4.78 is 0. The van der Waals surface area contributed by atoms with Crippen molar-refractivity contribution in [1.29, 1.82) is 5.26 Å². The first-order valence-corrected chi connectivity index (χ1v) is 4.03. The second-order valence-electron chi connectivity index (χ2n) is 2.39. The molecule has 62 valence electrons. The first-order chi connectivity index (χ1) is 5.12. The van der Waals surface area contributed by atoms with Crippen LogP contribution in [0, 0.1) is 28.6 Å². The molecule has 0 N–H and O–H groups in total. The van der Waals surface area contributed by atoms with Gasteiger partial charge in [-0.15, -0.1) is 5.92 Å². The quantitative estimate of drug-likeness (QED) is 0.488. The summed E-state index contributed by atoms with van der Waals surface area (Å²) in [6.07, 6.45) is 0.825. The monoisotopic (exact) mass is 151 g/mol. The molecule has 0 saturated heterocycles. The van der Waals surface area contributed by atoms with Crippen LogP contribution in [-0.2, 0) is 0 Å². The molecular weight excluding hydrogens is 134 g/mol. The van der Waals surface area contributed by atoms with Gasteiger partial charge in [-0.2, -0.15) is 5.26 Å².